The molecule has 134 valence electrons. The van der Waals surface area contributed by atoms with E-state index in [1.807, 2.05) is 0 Å². The summed E-state index contributed by atoms with van der Waals surface area (Å²) in [5.74, 6) is -0.529. The molecule has 0 amide bonds. The smallest absolute Gasteiger partial charge is 0.183 e. The number of rotatable bonds is 5. The lowest BCUT2D eigenvalue weighted by Crippen LogP contribution is -2.45. The number of ether oxygens (including phenoxy) is 1. The van der Waals surface area contributed by atoms with Crippen LogP contribution < -0.4 is 5.32 Å². The van der Waals surface area contributed by atoms with Gasteiger partial charge in [-0.3, -0.25) is 0 Å². The van der Waals surface area contributed by atoms with Gasteiger partial charge in [0.25, 0.3) is 0 Å². The molecule has 0 saturated carbocycles. The average molecular weight is 394 g/mol. The van der Waals surface area contributed by atoms with Gasteiger partial charge in [-0.25, -0.2) is 16.8 Å². The maximum absolute atomic E-state index is 12.9. The van der Waals surface area contributed by atoms with Crippen LogP contribution >= 0.6 is 11.6 Å². The molecule has 0 aliphatic carbocycles. The van der Waals surface area contributed by atoms with Gasteiger partial charge in [0.1, 0.15) is 0 Å². The fourth-order valence-corrected chi connectivity index (χ4v) is 8.04. The standard InChI is InChI=1S/C15H20ClNO5S2/c16-11-3-5-13(6-4-11)24(20,21)15-10-23(18,19)9-14(15)17-8-12-2-1-7-22-12/h3-6,12,14-15,17H,1-2,7-10H2/t12?,14-,15-/m0/s1. The average Bonchev–Trinajstić information content (AvgIpc) is 3.13. The summed E-state index contributed by atoms with van der Waals surface area (Å²) < 4.78 is 55.3. The van der Waals surface area contributed by atoms with Crippen molar-refractivity contribution in [2.45, 2.75) is 35.1 Å². The van der Waals surface area contributed by atoms with Crippen LogP contribution in [-0.2, 0) is 24.4 Å². The monoisotopic (exact) mass is 393 g/mol. The summed E-state index contributed by atoms with van der Waals surface area (Å²) in [6.45, 7) is 1.16. The predicted molar refractivity (Wildman–Crippen MR) is 91.8 cm³/mol. The van der Waals surface area contributed by atoms with Crippen LogP contribution in [0.25, 0.3) is 0 Å². The molecule has 0 radical (unpaired) electrons. The summed E-state index contributed by atoms with van der Waals surface area (Å²) in [6.07, 6.45) is 1.90. The molecule has 3 rings (SSSR count). The molecule has 0 aromatic heterocycles. The first-order chi connectivity index (χ1) is 11.3. The topological polar surface area (TPSA) is 89.5 Å². The van der Waals surface area contributed by atoms with E-state index in [1.165, 1.54) is 24.3 Å². The predicted octanol–water partition coefficient (Wildman–Crippen LogP) is 1.05. The molecule has 2 fully saturated rings. The second kappa shape index (κ2) is 6.92. The Morgan fingerprint density at radius 3 is 2.54 bits per heavy atom. The molecule has 0 bridgehead atoms. The summed E-state index contributed by atoms with van der Waals surface area (Å²) in [6, 6.07) is 5.19. The van der Waals surface area contributed by atoms with Gasteiger partial charge in [0, 0.05) is 24.2 Å². The first-order valence-corrected chi connectivity index (χ1v) is 11.6. The Balaban J connectivity index is 1.80. The molecule has 1 unspecified atom stereocenters. The number of nitrogens with one attached hydrogen (secondary N) is 1. The lowest BCUT2D eigenvalue weighted by molar-refractivity contribution is 0.108. The highest BCUT2D eigenvalue weighted by molar-refractivity contribution is 7.96. The minimum atomic E-state index is -3.76. The quantitative estimate of drug-likeness (QED) is 0.804. The molecular weight excluding hydrogens is 374 g/mol. The molecule has 0 spiro atoms. The Hall–Kier alpha value is -0.670. The van der Waals surface area contributed by atoms with Crippen LogP contribution in [-0.4, -0.2) is 58.9 Å². The molecule has 2 aliphatic rings. The lowest BCUT2D eigenvalue weighted by atomic mass is 10.2. The van der Waals surface area contributed by atoms with Gasteiger partial charge in [-0.05, 0) is 37.1 Å². The molecule has 1 aromatic rings. The van der Waals surface area contributed by atoms with E-state index in [4.69, 9.17) is 16.3 Å². The van der Waals surface area contributed by atoms with E-state index < -0.39 is 31.0 Å². The number of hydrogen-bond donors (Lipinski definition) is 1. The first kappa shape index (κ1) is 18.1. The van der Waals surface area contributed by atoms with E-state index >= 15 is 0 Å². The van der Waals surface area contributed by atoms with Crippen LogP contribution in [0.15, 0.2) is 29.2 Å². The van der Waals surface area contributed by atoms with E-state index in [0.29, 0.717) is 18.2 Å². The number of hydrogen-bond acceptors (Lipinski definition) is 6. The van der Waals surface area contributed by atoms with E-state index in [0.717, 1.165) is 12.8 Å². The Kier molecular flexibility index (Phi) is 5.22. The lowest BCUT2D eigenvalue weighted by Gasteiger charge is -2.21. The van der Waals surface area contributed by atoms with Crippen molar-refractivity contribution in [1.82, 2.24) is 5.32 Å². The molecule has 6 nitrogen and oxygen atoms in total. The number of sulfone groups is 2. The molecule has 1 aromatic carbocycles. The van der Waals surface area contributed by atoms with Crippen LogP contribution in [0.2, 0.25) is 5.02 Å². The van der Waals surface area contributed by atoms with Gasteiger partial charge in [-0.1, -0.05) is 11.6 Å². The van der Waals surface area contributed by atoms with Crippen molar-refractivity contribution in [2.75, 3.05) is 24.7 Å². The fraction of sp³-hybridized carbons (Fsp3) is 0.600. The highest BCUT2D eigenvalue weighted by atomic mass is 35.5. The molecule has 1 N–H and O–H groups in total. The van der Waals surface area contributed by atoms with E-state index in [9.17, 15) is 16.8 Å². The molecule has 2 aliphatic heterocycles. The highest BCUT2D eigenvalue weighted by Crippen LogP contribution is 2.27. The van der Waals surface area contributed by atoms with Crippen molar-refractivity contribution < 1.29 is 21.6 Å². The van der Waals surface area contributed by atoms with Crippen molar-refractivity contribution in [3.05, 3.63) is 29.3 Å². The third kappa shape index (κ3) is 3.94. The fourth-order valence-electron chi connectivity index (χ4n) is 3.20. The molecule has 2 heterocycles. The third-order valence-electron chi connectivity index (χ3n) is 4.47. The van der Waals surface area contributed by atoms with E-state index in [1.54, 1.807) is 0 Å². The Morgan fingerprint density at radius 2 is 1.92 bits per heavy atom. The summed E-state index contributed by atoms with van der Waals surface area (Å²) in [5.41, 5.74) is 0. The third-order valence-corrected chi connectivity index (χ3v) is 8.89. The van der Waals surface area contributed by atoms with Gasteiger partial charge in [0.2, 0.25) is 0 Å². The van der Waals surface area contributed by atoms with Crippen LogP contribution in [0.4, 0.5) is 0 Å². The zero-order valence-corrected chi connectivity index (χ0v) is 15.4. The van der Waals surface area contributed by atoms with Gasteiger partial charge in [0.15, 0.2) is 19.7 Å². The first-order valence-electron chi connectivity index (χ1n) is 7.83. The summed E-state index contributed by atoms with van der Waals surface area (Å²) >= 11 is 5.80. The molecular formula is C15H20ClNO5S2. The maximum atomic E-state index is 12.9. The minimum absolute atomic E-state index is 0.0205. The van der Waals surface area contributed by atoms with Crippen molar-refractivity contribution in [1.29, 1.82) is 0 Å². The second-order valence-electron chi connectivity index (χ2n) is 6.26. The molecule has 3 atom stereocenters. The Morgan fingerprint density at radius 1 is 1.21 bits per heavy atom. The molecule has 24 heavy (non-hydrogen) atoms. The van der Waals surface area contributed by atoms with Gasteiger partial charge in [-0.2, -0.15) is 0 Å². The van der Waals surface area contributed by atoms with Crippen LogP contribution in [0, 0.1) is 0 Å². The van der Waals surface area contributed by atoms with Crippen LogP contribution in [0.5, 0.6) is 0 Å². The van der Waals surface area contributed by atoms with Crippen LogP contribution in [0.3, 0.4) is 0 Å². The normalized spacial score (nSPS) is 29.8. The molecule has 2 saturated heterocycles. The Labute approximate surface area is 147 Å². The van der Waals surface area contributed by atoms with Gasteiger partial charge >= 0.3 is 0 Å². The zero-order chi connectivity index (χ0) is 17.4. The van der Waals surface area contributed by atoms with Gasteiger partial charge in [-0.15, -0.1) is 0 Å². The number of halogens is 1. The second-order valence-corrected chi connectivity index (χ2v) is 11.0. The largest absolute Gasteiger partial charge is 0.377 e. The summed E-state index contributed by atoms with van der Waals surface area (Å²) in [4.78, 5) is 0.0953. The van der Waals surface area contributed by atoms with E-state index in [-0.39, 0.29) is 22.5 Å². The molecule has 9 heteroatoms. The summed E-state index contributed by atoms with van der Waals surface area (Å²) in [5, 5.41) is 2.54. The van der Waals surface area contributed by atoms with E-state index in [2.05, 4.69) is 5.32 Å². The van der Waals surface area contributed by atoms with Gasteiger partial charge < -0.3 is 10.1 Å². The van der Waals surface area contributed by atoms with Crippen molar-refractivity contribution >= 4 is 31.3 Å². The maximum Gasteiger partial charge on any atom is 0.183 e. The Bertz CT molecular complexity index is 786. The van der Waals surface area contributed by atoms with Crippen molar-refractivity contribution in [3.63, 3.8) is 0 Å². The SMILES string of the molecule is O=S1(=O)C[C@H](NCC2CCCO2)[C@@H](S(=O)(=O)c2ccc(Cl)cc2)C1. The zero-order valence-electron chi connectivity index (χ0n) is 13.0. The minimum Gasteiger partial charge on any atom is -0.377 e. The van der Waals surface area contributed by atoms with Crippen LogP contribution in [0.1, 0.15) is 12.8 Å². The highest BCUT2D eigenvalue weighted by Gasteiger charge is 2.45. The van der Waals surface area contributed by atoms with Crippen molar-refractivity contribution in [2.24, 2.45) is 0 Å². The van der Waals surface area contributed by atoms with Gasteiger partial charge in [0.05, 0.1) is 27.8 Å². The number of benzene rings is 1. The summed E-state index contributed by atoms with van der Waals surface area (Å²) in [7, 11) is -7.16. The van der Waals surface area contributed by atoms with Crippen molar-refractivity contribution in [3.8, 4) is 0 Å².